The molecule has 2 atom stereocenters. The highest BCUT2D eigenvalue weighted by atomic mass is 16.3. The van der Waals surface area contributed by atoms with Gasteiger partial charge in [0.15, 0.2) is 17.0 Å². The van der Waals surface area contributed by atoms with E-state index in [1.807, 2.05) is 48.7 Å². The molecule has 0 radical (unpaired) electrons. The van der Waals surface area contributed by atoms with Crippen molar-refractivity contribution in [3.63, 3.8) is 0 Å². The van der Waals surface area contributed by atoms with E-state index in [1.165, 1.54) is 0 Å². The molecule has 8 heteroatoms. The summed E-state index contributed by atoms with van der Waals surface area (Å²) in [6.45, 7) is 8.08. The number of hydrogen-bond donors (Lipinski definition) is 4. The minimum atomic E-state index is -0.329. The Hall–Kier alpha value is -2.71. The van der Waals surface area contributed by atoms with Crippen LogP contribution in [-0.4, -0.2) is 49.0 Å². The van der Waals surface area contributed by atoms with Gasteiger partial charge in [0, 0.05) is 6.04 Å². The van der Waals surface area contributed by atoms with Crippen LogP contribution in [-0.2, 0) is 0 Å². The van der Waals surface area contributed by atoms with Crippen molar-refractivity contribution < 1.29 is 10.2 Å². The number of rotatable bonds is 9. The van der Waals surface area contributed by atoms with Crippen LogP contribution in [0.25, 0.3) is 11.2 Å². The fourth-order valence-electron chi connectivity index (χ4n) is 3.13. The summed E-state index contributed by atoms with van der Waals surface area (Å²) in [5.41, 5.74) is 2.30. The monoisotopic (exact) mass is 398 g/mol. The number of aliphatic hydroxyl groups is 2. The largest absolute Gasteiger partial charge is 0.394 e. The second-order valence-electron chi connectivity index (χ2n) is 7.78. The first-order valence-corrected chi connectivity index (χ1v) is 9.98. The Kier molecular flexibility index (Phi) is 6.66. The summed E-state index contributed by atoms with van der Waals surface area (Å²) in [5.74, 6) is 1.17. The standard InChI is InChI=1S/C21H30N6O2/c1-13(2)16(10-28)24-21-25-19(18-20(26-21)27(12-22-18)14(3)4)23-17(11-29)15-8-6-5-7-9-15/h5-9,12-14,16-17,28-29H,10-11H2,1-4H3,(H2,23,24,25,26)/t16?,17-/m1/s1. The van der Waals surface area contributed by atoms with Crippen LogP contribution in [0, 0.1) is 5.92 Å². The summed E-state index contributed by atoms with van der Waals surface area (Å²) in [4.78, 5) is 13.8. The molecule has 1 aromatic carbocycles. The zero-order chi connectivity index (χ0) is 21.0. The van der Waals surface area contributed by atoms with Gasteiger partial charge in [0.05, 0.1) is 31.6 Å². The Morgan fingerprint density at radius 1 is 0.966 bits per heavy atom. The van der Waals surface area contributed by atoms with Crippen molar-refractivity contribution in [3.8, 4) is 0 Å². The quantitative estimate of drug-likeness (QED) is 0.439. The van der Waals surface area contributed by atoms with Crippen LogP contribution in [0.4, 0.5) is 11.8 Å². The number of aliphatic hydroxyl groups excluding tert-OH is 2. The third-order valence-electron chi connectivity index (χ3n) is 4.99. The summed E-state index contributed by atoms with van der Waals surface area (Å²) in [6.07, 6.45) is 1.75. The van der Waals surface area contributed by atoms with Crippen molar-refractivity contribution >= 4 is 22.9 Å². The zero-order valence-electron chi connectivity index (χ0n) is 17.4. The number of imidazole rings is 1. The molecule has 0 aliphatic rings. The minimum Gasteiger partial charge on any atom is -0.394 e. The molecule has 29 heavy (non-hydrogen) atoms. The van der Waals surface area contributed by atoms with Crippen molar-refractivity contribution in [2.45, 2.75) is 45.8 Å². The first-order chi connectivity index (χ1) is 13.9. The lowest BCUT2D eigenvalue weighted by Gasteiger charge is -2.22. The Bertz CT molecular complexity index is 926. The summed E-state index contributed by atoms with van der Waals surface area (Å²) in [7, 11) is 0. The lowest BCUT2D eigenvalue weighted by atomic mass is 10.1. The van der Waals surface area contributed by atoms with Gasteiger partial charge >= 0.3 is 0 Å². The number of hydrogen-bond acceptors (Lipinski definition) is 7. The van der Waals surface area contributed by atoms with Crippen molar-refractivity contribution in [1.29, 1.82) is 0 Å². The maximum atomic E-state index is 9.95. The van der Waals surface area contributed by atoms with Crippen LogP contribution in [0.1, 0.15) is 45.3 Å². The summed E-state index contributed by atoms with van der Waals surface area (Å²) in [6, 6.07) is 9.40. The number of fused-ring (bicyclic) bond motifs is 1. The molecule has 0 bridgehead atoms. The van der Waals surface area contributed by atoms with Crippen LogP contribution in [0.5, 0.6) is 0 Å². The van der Waals surface area contributed by atoms with Crippen molar-refractivity contribution in [2.24, 2.45) is 5.92 Å². The predicted molar refractivity (Wildman–Crippen MR) is 115 cm³/mol. The van der Waals surface area contributed by atoms with Gasteiger partial charge in [-0.25, -0.2) is 4.98 Å². The van der Waals surface area contributed by atoms with Gasteiger partial charge in [0.2, 0.25) is 5.95 Å². The second-order valence-corrected chi connectivity index (χ2v) is 7.78. The lowest BCUT2D eigenvalue weighted by molar-refractivity contribution is 0.248. The minimum absolute atomic E-state index is 0.0193. The Balaban J connectivity index is 2.04. The number of nitrogens with zero attached hydrogens (tertiary/aromatic N) is 4. The van der Waals surface area contributed by atoms with Gasteiger partial charge in [-0.2, -0.15) is 9.97 Å². The predicted octanol–water partition coefficient (Wildman–Crippen LogP) is 2.98. The highest BCUT2D eigenvalue weighted by Crippen LogP contribution is 2.27. The molecule has 0 aliphatic carbocycles. The molecular weight excluding hydrogens is 368 g/mol. The van der Waals surface area contributed by atoms with Gasteiger partial charge in [-0.3, -0.25) is 0 Å². The SMILES string of the molecule is CC(C)C(CO)Nc1nc(N[C@H](CO)c2ccccc2)c2ncn(C(C)C)c2n1. The molecule has 3 aromatic rings. The van der Waals surface area contributed by atoms with Gasteiger partial charge < -0.3 is 25.4 Å². The summed E-state index contributed by atoms with van der Waals surface area (Å²) < 4.78 is 1.98. The highest BCUT2D eigenvalue weighted by Gasteiger charge is 2.20. The van der Waals surface area contributed by atoms with Crippen molar-refractivity contribution in [3.05, 3.63) is 42.2 Å². The van der Waals surface area contributed by atoms with E-state index in [1.54, 1.807) is 6.33 Å². The third kappa shape index (κ3) is 4.65. The second kappa shape index (κ2) is 9.19. The van der Waals surface area contributed by atoms with Crippen molar-refractivity contribution in [1.82, 2.24) is 19.5 Å². The molecule has 2 heterocycles. The lowest BCUT2D eigenvalue weighted by Crippen LogP contribution is -2.30. The molecule has 156 valence electrons. The molecule has 0 fully saturated rings. The molecule has 0 aliphatic heterocycles. The third-order valence-corrected chi connectivity index (χ3v) is 4.99. The molecule has 0 spiro atoms. The summed E-state index contributed by atoms with van der Waals surface area (Å²) >= 11 is 0. The molecule has 1 unspecified atom stereocenters. The Morgan fingerprint density at radius 3 is 2.28 bits per heavy atom. The van der Waals surface area contributed by atoms with Crippen molar-refractivity contribution in [2.75, 3.05) is 23.8 Å². The Labute approximate surface area is 171 Å². The molecular formula is C21H30N6O2. The van der Waals surface area contributed by atoms with E-state index in [0.29, 0.717) is 22.9 Å². The zero-order valence-corrected chi connectivity index (χ0v) is 17.4. The maximum absolute atomic E-state index is 9.95. The number of anilines is 2. The van der Waals surface area contributed by atoms with E-state index >= 15 is 0 Å². The highest BCUT2D eigenvalue weighted by molar-refractivity contribution is 5.84. The number of aromatic nitrogens is 4. The molecule has 8 nitrogen and oxygen atoms in total. The summed E-state index contributed by atoms with van der Waals surface area (Å²) in [5, 5.41) is 26.2. The molecule has 0 saturated carbocycles. The van der Waals surface area contributed by atoms with Crippen LogP contribution in [0.2, 0.25) is 0 Å². The fraction of sp³-hybridized carbons (Fsp3) is 0.476. The van der Waals surface area contributed by atoms with E-state index in [2.05, 4.69) is 39.4 Å². The smallest absolute Gasteiger partial charge is 0.227 e. The molecule has 3 rings (SSSR count). The average molecular weight is 399 g/mol. The van der Waals surface area contributed by atoms with E-state index in [-0.39, 0.29) is 37.3 Å². The average Bonchev–Trinajstić information content (AvgIpc) is 3.15. The normalized spacial score (nSPS) is 13.8. The molecule has 0 saturated heterocycles. The van der Waals surface area contributed by atoms with E-state index in [0.717, 1.165) is 5.56 Å². The van der Waals surface area contributed by atoms with Gasteiger partial charge in [-0.1, -0.05) is 44.2 Å². The molecule has 4 N–H and O–H groups in total. The van der Waals surface area contributed by atoms with Crippen LogP contribution >= 0.6 is 0 Å². The molecule has 2 aromatic heterocycles. The van der Waals surface area contributed by atoms with E-state index in [9.17, 15) is 10.2 Å². The van der Waals surface area contributed by atoms with E-state index < -0.39 is 0 Å². The van der Waals surface area contributed by atoms with Crippen LogP contribution < -0.4 is 10.6 Å². The number of benzene rings is 1. The number of nitrogens with one attached hydrogen (secondary N) is 2. The first kappa shape index (κ1) is 21.0. The topological polar surface area (TPSA) is 108 Å². The first-order valence-electron chi connectivity index (χ1n) is 9.98. The maximum Gasteiger partial charge on any atom is 0.227 e. The fourth-order valence-corrected chi connectivity index (χ4v) is 3.13. The van der Waals surface area contributed by atoms with Crippen LogP contribution in [0.15, 0.2) is 36.7 Å². The van der Waals surface area contributed by atoms with Gasteiger partial charge in [-0.05, 0) is 25.3 Å². The van der Waals surface area contributed by atoms with Gasteiger partial charge in [-0.15, -0.1) is 0 Å². The Morgan fingerprint density at radius 2 is 1.69 bits per heavy atom. The van der Waals surface area contributed by atoms with Gasteiger partial charge in [0.25, 0.3) is 0 Å². The van der Waals surface area contributed by atoms with Gasteiger partial charge in [0.1, 0.15) is 0 Å². The van der Waals surface area contributed by atoms with Crippen LogP contribution in [0.3, 0.4) is 0 Å². The molecule has 0 amide bonds. The van der Waals surface area contributed by atoms with E-state index in [4.69, 9.17) is 0 Å².